The summed E-state index contributed by atoms with van der Waals surface area (Å²) < 4.78 is 16.3. The van der Waals surface area contributed by atoms with Gasteiger partial charge in [0.05, 0.1) is 12.2 Å². The minimum absolute atomic E-state index is 0.00686. The maximum Gasteiger partial charge on any atom is 0.252 e. The molecule has 0 radical (unpaired) electrons. The van der Waals surface area contributed by atoms with Crippen molar-refractivity contribution in [2.75, 3.05) is 33.5 Å². The summed E-state index contributed by atoms with van der Waals surface area (Å²) in [5.74, 6) is 0.211. The zero-order valence-corrected chi connectivity index (χ0v) is 17.3. The highest BCUT2D eigenvalue weighted by Gasteiger charge is 2.11. The molecule has 0 aliphatic carbocycles. The number of amides is 1. The Labute approximate surface area is 176 Å². The van der Waals surface area contributed by atoms with Gasteiger partial charge in [-0.1, -0.05) is 12.1 Å². The first kappa shape index (κ1) is 23.5. The molecular weight excluding hydrogens is 388 g/mol. The number of nitrogens with two attached hydrogens (primary N) is 1. The van der Waals surface area contributed by atoms with Gasteiger partial charge in [-0.05, 0) is 49.2 Å². The monoisotopic (exact) mass is 418 g/mol. The lowest BCUT2D eigenvalue weighted by Crippen LogP contribution is -2.39. The Morgan fingerprint density at radius 1 is 1.10 bits per heavy atom. The van der Waals surface area contributed by atoms with Gasteiger partial charge in [0.25, 0.3) is 5.91 Å². The maximum atomic E-state index is 11.3. The minimum Gasteiger partial charge on any atom is -0.507 e. The van der Waals surface area contributed by atoms with E-state index >= 15 is 0 Å². The summed E-state index contributed by atoms with van der Waals surface area (Å²) >= 11 is 0. The lowest BCUT2D eigenvalue weighted by Gasteiger charge is -2.18. The number of primary amides is 1. The van der Waals surface area contributed by atoms with Gasteiger partial charge in [-0.3, -0.25) is 4.79 Å². The smallest absolute Gasteiger partial charge is 0.252 e. The van der Waals surface area contributed by atoms with E-state index in [-0.39, 0.29) is 24.0 Å². The van der Waals surface area contributed by atoms with Crippen LogP contribution in [0.25, 0.3) is 0 Å². The minimum atomic E-state index is -0.725. The van der Waals surface area contributed by atoms with Crippen molar-refractivity contribution >= 4 is 5.91 Å². The first-order valence-corrected chi connectivity index (χ1v) is 9.76. The summed E-state index contributed by atoms with van der Waals surface area (Å²) in [7, 11) is 1.67. The van der Waals surface area contributed by atoms with Crippen LogP contribution in [-0.4, -0.2) is 61.7 Å². The number of nitrogens with one attached hydrogen (secondary N) is 1. The number of carbonyl (C=O) groups is 1. The fourth-order valence-corrected chi connectivity index (χ4v) is 2.64. The molecular formula is C22H30N2O6. The highest BCUT2D eigenvalue weighted by molar-refractivity contribution is 5.95. The van der Waals surface area contributed by atoms with Crippen LogP contribution >= 0.6 is 0 Å². The number of ether oxygens (including phenoxy) is 3. The summed E-state index contributed by atoms with van der Waals surface area (Å²) in [6.45, 7) is 3.38. The van der Waals surface area contributed by atoms with Gasteiger partial charge in [0, 0.05) is 19.7 Å². The van der Waals surface area contributed by atoms with Crippen molar-refractivity contribution in [2.24, 2.45) is 5.73 Å². The molecule has 0 saturated carbocycles. The molecule has 0 aromatic heterocycles. The Bertz CT molecular complexity index is 797. The lowest BCUT2D eigenvalue weighted by molar-refractivity contribution is 0.0995. The average molecular weight is 418 g/mol. The van der Waals surface area contributed by atoms with Crippen molar-refractivity contribution < 1.29 is 29.2 Å². The molecule has 164 valence electrons. The zero-order chi connectivity index (χ0) is 21.9. The van der Waals surface area contributed by atoms with E-state index in [0.29, 0.717) is 31.3 Å². The second-order valence-electron chi connectivity index (χ2n) is 7.02. The third kappa shape index (κ3) is 7.90. The summed E-state index contributed by atoms with van der Waals surface area (Å²) in [5, 5.41) is 22.9. The molecule has 2 aromatic carbocycles. The third-order valence-electron chi connectivity index (χ3n) is 4.40. The third-order valence-corrected chi connectivity index (χ3v) is 4.40. The van der Waals surface area contributed by atoms with Gasteiger partial charge < -0.3 is 35.5 Å². The van der Waals surface area contributed by atoms with Crippen LogP contribution in [0.1, 0.15) is 22.8 Å². The number of aliphatic hydroxyl groups excluding tert-OH is 1. The van der Waals surface area contributed by atoms with Gasteiger partial charge in [-0.25, -0.2) is 0 Å². The number of hydrogen-bond acceptors (Lipinski definition) is 7. The van der Waals surface area contributed by atoms with Crippen LogP contribution < -0.4 is 20.5 Å². The van der Waals surface area contributed by atoms with Crippen molar-refractivity contribution in [3.05, 3.63) is 53.6 Å². The second-order valence-corrected chi connectivity index (χ2v) is 7.02. The van der Waals surface area contributed by atoms with E-state index in [0.717, 1.165) is 12.0 Å². The first-order valence-electron chi connectivity index (χ1n) is 9.76. The predicted octanol–water partition coefficient (Wildman–Crippen LogP) is 1.48. The quantitative estimate of drug-likeness (QED) is 0.388. The molecule has 0 fully saturated rings. The summed E-state index contributed by atoms with van der Waals surface area (Å²) in [6, 6.07) is 11.9. The molecule has 0 aliphatic rings. The van der Waals surface area contributed by atoms with E-state index in [9.17, 15) is 15.0 Å². The van der Waals surface area contributed by atoms with Crippen LogP contribution in [0.3, 0.4) is 0 Å². The fourth-order valence-electron chi connectivity index (χ4n) is 2.64. The van der Waals surface area contributed by atoms with Crippen molar-refractivity contribution in [1.29, 1.82) is 0 Å². The number of phenols is 1. The Hall–Kier alpha value is -2.81. The van der Waals surface area contributed by atoms with Gasteiger partial charge in [-0.2, -0.15) is 0 Å². The van der Waals surface area contributed by atoms with E-state index < -0.39 is 12.0 Å². The number of aliphatic hydroxyl groups is 1. The van der Waals surface area contributed by atoms with Crippen LogP contribution in [0.15, 0.2) is 42.5 Å². The predicted molar refractivity (Wildman–Crippen MR) is 113 cm³/mol. The average Bonchev–Trinajstić information content (AvgIpc) is 2.74. The van der Waals surface area contributed by atoms with E-state index in [1.807, 2.05) is 31.2 Å². The maximum absolute atomic E-state index is 11.3. The lowest BCUT2D eigenvalue weighted by atomic mass is 10.1. The van der Waals surface area contributed by atoms with Gasteiger partial charge in [-0.15, -0.1) is 0 Å². The van der Waals surface area contributed by atoms with E-state index in [1.165, 1.54) is 12.1 Å². The van der Waals surface area contributed by atoms with Gasteiger partial charge in [0.2, 0.25) is 0 Å². The molecule has 0 bridgehead atoms. The van der Waals surface area contributed by atoms with E-state index in [1.54, 1.807) is 13.2 Å². The molecule has 2 atom stereocenters. The van der Waals surface area contributed by atoms with Crippen molar-refractivity contribution in [3.8, 4) is 17.2 Å². The fraction of sp³-hybridized carbons (Fsp3) is 0.409. The highest BCUT2D eigenvalue weighted by Crippen LogP contribution is 2.22. The molecule has 8 nitrogen and oxygen atoms in total. The van der Waals surface area contributed by atoms with Crippen molar-refractivity contribution in [3.63, 3.8) is 0 Å². The summed E-state index contributed by atoms with van der Waals surface area (Å²) in [4.78, 5) is 11.3. The molecule has 0 aliphatic heterocycles. The van der Waals surface area contributed by atoms with Crippen LogP contribution in [0.5, 0.6) is 17.2 Å². The van der Waals surface area contributed by atoms with Crippen LogP contribution in [0, 0.1) is 0 Å². The molecule has 2 aromatic rings. The van der Waals surface area contributed by atoms with Crippen LogP contribution in [-0.2, 0) is 11.2 Å². The Kier molecular flexibility index (Phi) is 9.40. The standard InChI is InChI=1S/C22H30N2O6/c1-15(13-29-19-7-8-21(26)20(11-19)22(23)27)24-12-17(25)14-30-18-5-3-16(4-6-18)9-10-28-2/h3-8,11,15,17,24-26H,9-10,12-14H2,1-2H3,(H2,23,27). The number of aromatic hydroxyl groups is 1. The number of hydrogen-bond donors (Lipinski definition) is 4. The van der Waals surface area contributed by atoms with Crippen molar-refractivity contribution in [2.45, 2.75) is 25.5 Å². The zero-order valence-electron chi connectivity index (χ0n) is 17.3. The Morgan fingerprint density at radius 3 is 2.43 bits per heavy atom. The topological polar surface area (TPSA) is 123 Å². The molecule has 2 rings (SSSR count). The summed E-state index contributed by atoms with van der Waals surface area (Å²) in [6.07, 6.45) is 0.160. The first-order chi connectivity index (χ1) is 14.4. The number of benzene rings is 2. The van der Waals surface area contributed by atoms with Gasteiger partial charge in [0.1, 0.15) is 36.6 Å². The second kappa shape index (κ2) is 12.0. The van der Waals surface area contributed by atoms with E-state index in [4.69, 9.17) is 19.9 Å². The molecule has 8 heteroatoms. The molecule has 0 spiro atoms. The molecule has 5 N–H and O–H groups in total. The van der Waals surface area contributed by atoms with Crippen LogP contribution in [0.4, 0.5) is 0 Å². The summed E-state index contributed by atoms with van der Waals surface area (Å²) in [5.41, 5.74) is 6.38. The molecule has 2 unspecified atom stereocenters. The normalized spacial score (nSPS) is 12.9. The Balaban J connectivity index is 1.68. The van der Waals surface area contributed by atoms with E-state index in [2.05, 4.69) is 5.32 Å². The molecule has 0 saturated heterocycles. The van der Waals surface area contributed by atoms with Crippen LogP contribution in [0.2, 0.25) is 0 Å². The molecule has 0 heterocycles. The Morgan fingerprint density at radius 2 is 1.77 bits per heavy atom. The van der Waals surface area contributed by atoms with Crippen molar-refractivity contribution in [1.82, 2.24) is 5.32 Å². The molecule has 1 amide bonds. The molecule has 30 heavy (non-hydrogen) atoms. The SMILES string of the molecule is COCCc1ccc(OCC(O)CNC(C)COc2ccc(O)c(C(N)=O)c2)cc1. The number of methoxy groups -OCH3 is 1. The number of carbonyl (C=O) groups excluding carboxylic acids is 1. The van der Waals surface area contributed by atoms with Gasteiger partial charge in [0.15, 0.2) is 0 Å². The number of rotatable bonds is 13. The largest absolute Gasteiger partial charge is 0.507 e. The van der Waals surface area contributed by atoms with Gasteiger partial charge >= 0.3 is 0 Å². The highest BCUT2D eigenvalue weighted by atomic mass is 16.5.